The van der Waals surface area contributed by atoms with Crippen LogP contribution in [0.3, 0.4) is 0 Å². The third kappa shape index (κ3) is 8.03. The molecule has 1 aromatic heterocycles. The number of rotatable bonds is 15. The van der Waals surface area contributed by atoms with Crippen LogP contribution in [0.1, 0.15) is 41.0 Å². The maximum absolute atomic E-state index is 13.9. The van der Waals surface area contributed by atoms with Gasteiger partial charge in [-0.1, -0.05) is 84.8 Å². The summed E-state index contributed by atoms with van der Waals surface area (Å²) in [5, 5.41) is 3.38. The third-order valence-electron chi connectivity index (χ3n) is 9.13. The van der Waals surface area contributed by atoms with Crippen molar-refractivity contribution in [3.63, 3.8) is 0 Å². The molecule has 0 unspecified atom stereocenters. The van der Waals surface area contributed by atoms with Gasteiger partial charge in [-0.25, -0.2) is 17.2 Å². The summed E-state index contributed by atoms with van der Waals surface area (Å²) in [4.78, 5) is 40.3. The number of nitrogens with one attached hydrogen (secondary N) is 1. The first-order chi connectivity index (χ1) is 25.6. The Hall–Kier alpha value is -6.12. The van der Waals surface area contributed by atoms with E-state index in [-0.39, 0.29) is 68.3 Å². The zero-order valence-corrected chi connectivity index (χ0v) is 30.1. The number of aryl methyl sites for hydroxylation is 1. The molecule has 2 amide bonds. The summed E-state index contributed by atoms with van der Waals surface area (Å²) in [6.45, 7) is 5.08. The Kier molecular flexibility index (Phi) is 11.1. The van der Waals surface area contributed by atoms with Gasteiger partial charge in [-0.3, -0.25) is 9.59 Å². The maximum atomic E-state index is 13.9. The number of fused-ring (bicyclic) bond motifs is 4. The minimum absolute atomic E-state index is 0.0211. The molecule has 1 N–H and O–H groups in total. The summed E-state index contributed by atoms with van der Waals surface area (Å²) in [7, 11) is -4.05. The van der Waals surface area contributed by atoms with E-state index in [2.05, 4.69) is 29.9 Å². The SMILES string of the molecule is C#CCN(Cc1cn(S(=O)(=O)c2ccc(C)cc2)c2ccc(OCC(=O)OCC=C)cc12)C(=O)CCNC(=O)CC1c2ccccc2-c2ccccc21. The van der Waals surface area contributed by atoms with Crippen LogP contribution in [0, 0.1) is 19.3 Å². The van der Waals surface area contributed by atoms with E-state index in [1.165, 1.54) is 33.3 Å². The van der Waals surface area contributed by atoms with Crippen molar-refractivity contribution in [2.45, 2.75) is 37.1 Å². The van der Waals surface area contributed by atoms with Crippen LogP contribution in [-0.4, -0.2) is 61.4 Å². The molecule has 10 nitrogen and oxygen atoms in total. The van der Waals surface area contributed by atoms with Crippen molar-refractivity contribution in [1.82, 2.24) is 14.2 Å². The fourth-order valence-electron chi connectivity index (χ4n) is 6.57. The average Bonchev–Trinajstić information content (AvgIpc) is 3.68. The Morgan fingerprint density at radius 3 is 2.32 bits per heavy atom. The summed E-state index contributed by atoms with van der Waals surface area (Å²) >= 11 is 0. The quantitative estimate of drug-likeness (QED) is 0.0801. The second-order valence-electron chi connectivity index (χ2n) is 12.7. The Labute approximate surface area is 309 Å². The summed E-state index contributed by atoms with van der Waals surface area (Å²) < 4.78 is 39.6. The molecule has 53 heavy (non-hydrogen) atoms. The largest absolute Gasteiger partial charge is 0.482 e. The number of hydrogen-bond acceptors (Lipinski definition) is 7. The molecule has 1 heterocycles. The molecule has 0 bridgehead atoms. The number of esters is 1. The molecule has 11 heteroatoms. The Bertz CT molecular complexity index is 2290. The number of carbonyl (C=O) groups excluding carboxylic acids is 3. The van der Waals surface area contributed by atoms with Gasteiger partial charge in [-0.15, -0.1) is 6.42 Å². The Balaban J connectivity index is 1.19. The fraction of sp³-hybridized carbons (Fsp3) is 0.214. The molecule has 6 rings (SSSR count). The minimum Gasteiger partial charge on any atom is -0.482 e. The number of carbonyl (C=O) groups is 3. The van der Waals surface area contributed by atoms with Crippen molar-refractivity contribution in [1.29, 1.82) is 0 Å². The van der Waals surface area contributed by atoms with Crippen molar-refractivity contribution in [3.05, 3.63) is 132 Å². The lowest BCUT2D eigenvalue weighted by molar-refractivity contribution is -0.144. The molecule has 1 aliphatic rings. The second-order valence-corrected chi connectivity index (χ2v) is 14.5. The van der Waals surface area contributed by atoms with Crippen LogP contribution in [0.4, 0.5) is 0 Å². The lowest BCUT2D eigenvalue weighted by atomic mass is 9.93. The zero-order chi connectivity index (χ0) is 37.5. The smallest absolute Gasteiger partial charge is 0.344 e. The molecule has 0 spiro atoms. The van der Waals surface area contributed by atoms with E-state index >= 15 is 0 Å². The van der Waals surface area contributed by atoms with Gasteiger partial charge < -0.3 is 19.7 Å². The first-order valence-corrected chi connectivity index (χ1v) is 18.6. The maximum Gasteiger partial charge on any atom is 0.344 e. The second kappa shape index (κ2) is 16.0. The van der Waals surface area contributed by atoms with E-state index in [1.807, 2.05) is 43.3 Å². The van der Waals surface area contributed by atoms with E-state index in [0.29, 0.717) is 22.2 Å². The van der Waals surface area contributed by atoms with Crippen LogP contribution in [0.2, 0.25) is 0 Å². The normalized spacial score (nSPS) is 12.0. The predicted molar refractivity (Wildman–Crippen MR) is 203 cm³/mol. The molecular weight excluding hydrogens is 691 g/mol. The predicted octanol–water partition coefficient (Wildman–Crippen LogP) is 5.97. The van der Waals surface area contributed by atoms with Crippen molar-refractivity contribution >= 4 is 38.7 Å². The highest BCUT2D eigenvalue weighted by Gasteiger charge is 2.30. The molecule has 0 aliphatic heterocycles. The molecule has 0 saturated heterocycles. The first-order valence-electron chi connectivity index (χ1n) is 17.1. The number of terminal acetylenes is 1. The van der Waals surface area contributed by atoms with Gasteiger partial charge in [0.1, 0.15) is 12.4 Å². The van der Waals surface area contributed by atoms with Crippen LogP contribution >= 0.6 is 0 Å². The highest BCUT2D eigenvalue weighted by molar-refractivity contribution is 7.90. The van der Waals surface area contributed by atoms with E-state index in [9.17, 15) is 22.8 Å². The van der Waals surface area contributed by atoms with Gasteiger partial charge in [-0.2, -0.15) is 0 Å². The zero-order valence-electron chi connectivity index (χ0n) is 29.3. The Morgan fingerprint density at radius 1 is 0.981 bits per heavy atom. The fourth-order valence-corrected chi connectivity index (χ4v) is 7.96. The number of benzene rings is 4. The summed E-state index contributed by atoms with van der Waals surface area (Å²) in [6.07, 6.45) is 8.82. The lowest BCUT2D eigenvalue weighted by Gasteiger charge is -2.20. The van der Waals surface area contributed by atoms with Crippen LogP contribution < -0.4 is 10.1 Å². The first kappa shape index (κ1) is 36.7. The molecule has 0 atom stereocenters. The van der Waals surface area contributed by atoms with Crippen molar-refractivity contribution in [3.8, 4) is 29.2 Å². The molecule has 1 aliphatic carbocycles. The van der Waals surface area contributed by atoms with Gasteiger partial charge in [0.2, 0.25) is 11.8 Å². The molecule has 0 fully saturated rings. The highest BCUT2D eigenvalue weighted by atomic mass is 32.2. The van der Waals surface area contributed by atoms with Crippen LogP contribution in [-0.2, 0) is 35.7 Å². The number of amides is 2. The van der Waals surface area contributed by atoms with Gasteiger partial charge in [0.25, 0.3) is 10.0 Å². The van der Waals surface area contributed by atoms with Gasteiger partial charge in [-0.05, 0) is 65.1 Å². The molecule has 0 radical (unpaired) electrons. The summed E-state index contributed by atoms with van der Waals surface area (Å²) in [6, 6.07) is 27.4. The topological polar surface area (TPSA) is 124 Å². The van der Waals surface area contributed by atoms with Crippen molar-refractivity contribution in [2.24, 2.45) is 0 Å². The highest BCUT2D eigenvalue weighted by Crippen LogP contribution is 2.46. The summed E-state index contributed by atoms with van der Waals surface area (Å²) in [5.41, 5.74) is 6.19. The molecule has 4 aromatic carbocycles. The number of hydrogen-bond donors (Lipinski definition) is 1. The standard InChI is InChI=1S/C42H39N3O7S/c1-4-22-44(41(47)20-21-43-40(46)25-38-35-12-8-6-10-33(35)34-11-7-9-13-36(34)38)26-30-27-45(53(49,50)32-17-14-29(3)15-18-32)39-19-16-31(24-37(30)39)52-28-42(48)51-23-5-2/h1,5-19,24,27,38H,2,20-23,25-26,28H2,3H3,(H,43,46). The molecular formula is C42H39N3O7S. The van der Waals surface area contributed by atoms with Gasteiger partial charge in [0, 0.05) is 43.4 Å². The Morgan fingerprint density at radius 2 is 1.66 bits per heavy atom. The van der Waals surface area contributed by atoms with Crippen LogP contribution in [0.15, 0.2) is 115 Å². The number of ether oxygens (including phenoxy) is 2. The van der Waals surface area contributed by atoms with E-state index in [4.69, 9.17) is 15.9 Å². The third-order valence-corrected chi connectivity index (χ3v) is 10.8. The van der Waals surface area contributed by atoms with Crippen LogP contribution in [0.5, 0.6) is 5.75 Å². The van der Waals surface area contributed by atoms with Gasteiger partial charge in [0.05, 0.1) is 17.0 Å². The van der Waals surface area contributed by atoms with E-state index in [1.54, 1.807) is 30.3 Å². The molecule has 0 saturated carbocycles. The molecule has 270 valence electrons. The van der Waals surface area contributed by atoms with Crippen LogP contribution in [0.25, 0.3) is 22.0 Å². The number of nitrogens with zero attached hydrogens (tertiary/aromatic N) is 2. The van der Waals surface area contributed by atoms with Crippen molar-refractivity contribution in [2.75, 3.05) is 26.3 Å². The monoisotopic (exact) mass is 729 g/mol. The summed E-state index contributed by atoms with van der Waals surface area (Å²) in [5.74, 6) is 1.64. The molecule has 5 aromatic rings. The minimum atomic E-state index is -4.05. The number of aromatic nitrogens is 1. The lowest BCUT2D eigenvalue weighted by Crippen LogP contribution is -2.34. The van der Waals surface area contributed by atoms with Gasteiger partial charge in [0.15, 0.2) is 6.61 Å². The van der Waals surface area contributed by atoms with Gasteiger partial charge >= 0.3 is 5.97 Å². The van der Waals surface area contributed by atoms with E-state index < -0.39 is 16.0 Å². The average molecular weight is 730 g/mol. The van der Waals surface area contributed by atoms with E-state index in [0.717, 1.165) is 27.8 Å². The van der Waals surface area contributed by atoms with Crippen molar-refractivity contribution < 1.29 is 32.3 Å².